The van der Waals surface area contributed by atoms with Gasteiger partial charge in [-0.25, -0.2) is 9.29 Å². The van der Waals surface area contributed by atoms with Crippen LogP contribution >= 0.6 is 0 Å². The SMILES string of the molecule is C=C1CC(=O)N(c2ccccc2F)C1=O. The van der Waals surface area contributed by atoms with Gasteiger partial charge in [-0.05, 0) is 12.1 Å². The molecule has 1 aromatic rings. The van der Waals surface area contributed by atoms with Crippen LogP contribution in [0.2, 0.25) is 0 Å². The van der Waals surface area contributed by atoms with Gasteiger partial charge in [0.25, 0.3) is 5.91 Å². The molecule has 0 N–H and O–H groups in total. The Kier molecular flexibility index (Phi) is 2.11. The maximum atomic E-state index is 13.3. The topological polar surface area (TPSA) is 37.4 Å². The number of nitrogens with zero attached hydrogens (tertiary/aromatic N) is 1. The molecule has 1 aliphatic heterocycles. The van der Waals surface area contributed by atoms with E-state index in [1.165, 1.54) is 18.2 Å². The molecule has 0 aliphatic carbocycles. The zero-order valence-electron chi connectivity index (χ0n) is 7.87. The van der Waals surface area contributed by atoms with Crippen LogP contribution in [0.3, 0.4) is 0 Å². The minimum absolute atomic E-state index is 0.00819. The summed E-state index contributed by atoms with van der Waals surface area (Å²) < 4.78 is 13.3. The van der Waals surface area contributed by atoms with E-state index in [-0.39, 0.29) is 17.7 Å². The number of anilines is 1. The van der Waals surface area contributed by atoms with Gasteiger partial charge in [0.2, 0.25) is 5.91 Å². The summed E-state index contributed by atoms with van der Waals surface area (Å²) >= 11 is 0. The monoisotopic (exact) mass is 205 g/mol. The maximum absolute atomic E-state index is 13.3. The second kappa shape index (κ2) is 3.31. The molecule has 2 amide bonds. The Morgan fingerprint density at radius 2 is 1.93 bits per heavy atom. The second-order valence-electron chi connectivity index (χ2n) is 3.27. The van der Waals surface area contributed by atoms with Gasteiger partial charge in [0.05, 0.1) is 12.1 Å². The molecule has 1 aromatic carbocycles. The molecular formula is C11H8FNO2. The van der Waals surface area contributed by atoms with Crippen LogP contribution in [0.1, 0.15) is 6.42 Å². The van der Waals surface area contributed by atoms with Crippen LogP contribution in [0.4, 0.5) is 10.1 Å². The fourth-order valence-corrected chi connectivity index (χ4v) is 1.49. The minimum Gasteiger partial charge on any atom is -0.274 e. The number of rotatable bonds is 1. The minimum atomic E-state index is -0.589. The fraction of sp³-hybridized carbons (Fsp3) is 0.0909. The first-order chi connectivity index (χ1) is 7.11. The molecule has 0 spiro atoms. The van der Waals surface area contributed by atoms with Gasteiger partial charge < -0.3 is 0 Å². The molecule has 0 saturated carbocycles. The van der Waals surface area contributed by atoms with E-state index in [2.05, 4.69) is 6.58 Å². The van der Waals surface area contributed by atoms with Crippen LogP contribution < -0.4 is 4.90 Å². The normalized spacial score (nSPS) is 16.3. The molecule has 4 heteroatoms. The Hall–Kier alpha value is -1.97. The molecule has 76 valence electrons. The number of amides is 2. The third kappa shape index (κ3) is 1.44. The zero-order valence-corrected chi connectivity index (χ0v) is 7.87. The lowest BCUT2D eigenvalue weighted by Crippen LogP contribution is -2.29. The van der Waals surface area contributed by atoms with Crippen molar-refractivity contribution >= 4 is 17.5 Å². The van der Waals surface area contributed by atoms with Crippen LogP contribution in [0, 0.1) is 5.82 Å². The molecule has 0 bridgehead atoms. The lowest BCUT2D eigenvalue weighted by Gasteiger charge is -2.13. The highest BCUT2D eigenvalue weighted by Gasteiger charge is 2.34. The number of hydrogen-bond donors (Lipinski definition) is 0. The Balaban J connectivity index is 2.48. The van der Waals surface area contributed by atoms with E-state index in [9.17, 15) is 14.0 Å². The van der Waals surface area contributed by atoms with Crippen LogP contribution in [0.25, 0.3) is 0 Å². The maximum Gasteiger partial charge on any atom is 0.261 e. The molecule has 1 fully saturated rings. The summed E-state index contributed by atoms with van der Waals surface area (Å²) in [5.74, 6) is -1.55. The van der Waals surface area contributed by atoms with E-state index in [0.29, 0.717) is 0 Å². The van der Waals surface area contributed by atoms with Crippen LogP contribution in [-0.2, 0) is 9.59 Å². The molecule has 1 aliphatic rings. The zero-order chi connectivity index (χ0) is 11.0. The third-order valence-electron chi connectivity index (χ3n) is 2.21. The molecule has 15 heavy (non-hydrogen) atoms. The average Bonchev–Trinajstić information content (AvgIpc) is 2.43. The number of hydrogen-bond acceptors (Lipinski definition) is 2. The van der Waals surface area contributed by atoms with Gasteiger partial charge in [-0.15, -0.1) is 0 Å². The van der Waals surface area contributed by atoms with Crippen molar-refractivity contribution in [3.63, 3.8) is 0 Å². The highest BCUT2D eigenvalue weighted by Crippen LogP contribution is 2.26. The van der Waals surface area contributed by atoms with Crippen molar-refractivity contribution < 1.29 is 14.0 Å². The van der Waals surface area contributed by atoms with Gasteiger partial charge in [-0.3, -0.25) is 9.59 Å². The van der Waals surface area contributed by atoms with E-state index >= 15 is 0 Å². The van der Waals surface area contributed by atoms with Gasteiger partial charge in [-0.2, -0.15) is 0 Å². The highest BCUT2D eigenvalue weighted by atomic mass is 19.1. The number of imide groups is 1. The van der Waals surface area contributed by atoms with Gasteiger partial charge >= 0.3 is 0 Å². The van der Waals surface area contributed by atoms with Crippen molar-refractivity contribution in [1.82, 2.24) is 0 Å². The summed E-state index contributed by atoms with van der Waals surface area (Å²) in [7, 11) is 0. The number of halogens is 1. The van der Waals surface area contributed by atoms with Crippen molar-refractivity contribution in [2.24, 2.45) is 0 Å². The predicted octanol–water partition coefficient (Wildman–Crippen LogP) is 1.65. The van der Waals surface area contributed by atoms with Gasteiger partial charge in [-0.1, -0.05) is 18.7 Å². The summed E-state index contributed by atoms with van der Waals surface area (Å²) in [5, 5.41) is 0. The van der Waals surface area contributed by atoms with Crippen LogP contribution in [0.5, 0.6) is 0 Å². The van der Waals surface area contributed by atoms with Crippen LogP contribution in [0.15, 0.2) is 36.4 Å². The summed E-state index contributed by atoms with van der Waals surface area (Å²) in [6.45, 7) is 3.46. The number of benzene rings is 1. The third-order valence-corrected chi connectivity index (χ3v) is 2.21. The molecule has 0 unspecified atom stereocenters. The Morgan fingerprint density at radius 1 is 1.27 bits per heavy atom. The number of para-hydroxylation sites is 1. The fourth-order valence-electron chi connectivity index (χ4n) is 1.49. The molecule has 1 heterocycles. The first-order valence-corrected chi connectivity index (χ1v) is 4.41. The molecule has 3 nitrogen and oxygen atoms in total. The Labute approximate surface area is 85.8 Å². The Bertz CT molecular complexity index is 467. The summed E-state index contributed by atoms with van der Waals surface area (Å²) in [5.41, 5.74) is 0.189. The van der Waals surface area contributed by atoms with Gasteiger partial charge in [0.1, 0.15) is 5.82 Å². The molecule has 0 radical (unpaired) electrons. The average molecular weight is 205 g/mol. The first kappa shape index (κ1) is 9.58. The van der Waals surface area contributed by atoms with E-state index in [4.69, 9.17) is 0 Å². The quantitative estimate of drug-likeness (QED) is 0.516. The van der Waals surface area contributed by atoms with E-state index < -0.39 is 17.6 Å². The summed E-state index contributed by atoms with van der Waals surface area (Å²) in [4.78, 5) is 23.8. The number of carbonyl (C=O) groups is 2. The van der Waals surface area contributed by atoms with Crippen molar-refractivity contribution in [1.29, 1.82) is 0 Å². The Morgan fingerprint density at radius 3 is 2.47 bits per heavy atom. The molecule has 0 atom stereocenters. The van der Waals surface area contributed by atoms with E-state index in [0.717, 1.165) is 4.90 Å². The predicted molar refractivity (Wildman–Crippen MR) is 52.7 cm³/mol. The standard InChI is InChI=1S/C11H8FNO2/c1-7-6-10(14)13(11(7)15)9-5-3-2-4-8(9)12/h2-5H,1,6H2. The molecule has 0 aromatic heterocycles. The largest absolute Gasteiger partial charge is 0.274 e. The first-order valence-electron chi connectivity index (χ1n) is 4.41. The van der Waals surface area contributed by atoms with Gasteiger partial charge in [0, 0.05) is 5.57 Å². The summed E-state index contributed by atoms with van der Waals surface area (Å²) in [6.07, 6.45) is -0.0346. The van der Waals surface area contributed by atoms with Crippen molar-refractivity contribution in [2.45, 2.75) is 6.42 Å². The van der Waals surface area contributed by atoms with Gasteiger partial charge in [0.15, 0.2) is 0 Å². The lowest BCUT2D eigenvalue weighted by atomic mass is 10.2. The second-order valence-corrected chi connectivity index (χ2v) is 3.27. The molecule has 1 saturated heterocycles. The van der Waals surface area contributed by atoms with E-state index in [1.54, 1.807) is 6.07 Å². The van der Waals surface area contributed by atoms with Crippen LogP contribution in [-0.4, -0.2) is 11.8 Å². The van der Waals surface area contributed by atoms with Crippen molar-refractivity contribution in [2.75, 3.05) is 4.90 Å². The van der Waals surface area contributed by atoms with Crippen molar-refractivity contribution in [3.8, 4) is 0 Å². The summed E-state index contributed by atoms with van der Waals surface area (Å²) in [6, 6.07) is 5.67. The van der Waals surface area contributed by atoms with Crippen molar-refractivity contribution in [3.05, 3.63) is 42.2 Å². The number of carbonyl (C=O) groups excluding carboxylic acids is 2. The smallest absolute Gasteiger partial charge is 0.261 e. The van der Waals surface area contributed by atoms with E-state index in [1.807, 2.05) is 0 Å². The molecule has 2 rings (SSSR count). The lowest BCUT2D eigenvalue weighted by molar-refractivity contribution is -0.120. The highest BCUT2D eigenvalue weighted by molar-refractivity contribution is 6.27. The molecular weight excluding hydrogens is 197 g/mol.